The van der Waals surface area contributed by atoms with Crippen LogP contribution in [0.4, 0.5) is 0 Å². The SMILES string of the molecule is C[C@@H](O)CNCCC1CCCC1. The third kappa shape index (κ3) is 4.07. The van der Waals surface area contributed by atoms with Gasteiger partial charge in [0.1, 0.15) is 0 Å². The van der Waals surface area contributed by atoms with Crippen molar-refractivity contribution in [1.29, 1.82) is 0 Å². The normalized spacial score (nSPS) is 21.5. The second-order valence-electron chi connectivity index (χ2n) is 3.99. The van der Waals surface area contributed by atoms with E-state index in [-0.39, 0.29) is 6.10 Å². The summed E-state index contributed by atoms with van der Waals surface area (Å²) >= 11 is 0. The van der Waals surface area contributed by atoms with Gasteiger partial charge in [-0.05, 0) is 25.8 Å². The molecule has 0 bridgehead atoms. The van der Waals surface area contributed by atoms with Gasteiger partial charge in [-0.15, -0.1) is 0 Å². The molecule has 1 rings (SSSR count). The molecule has 2 nitrogen and oxygen atoms in total. The van der Waals surface area contributed by atoms with Gasteiger partial charge in [0.05, 0.1) is 6.10 Å². The monoisotopic (exact) mass is 171 g/mol. The minimum absolute atomic E-state index is 0.200. The van der Waals surface area contributed by atoms with Crippen LogP contribution in [0.2, 0.25) is 0 Å². The maximum absolute atomic E-state index is 8.98. The first-order chi connectivity index (χ1) is 5.79. The molecule has 2 N–H and O–H groups in total. The molecule has 12 heavy (non-hydrogen) atoms. The van der Waals surface area contributed by atoms with E-state index in [9.17, 15) is 0 Å². The van der Waals surface area contributed by atoms with Gasteiger partial charge < -0.3 is 10.4 Å². The highest BCUT2D eigenvalue weighted by Crippen LogP contribution is 2.26. The standard InChI is InChI=1S/C10H21NO/c1-9(12)8-11-7-6-10-4-2-3-5-10/h9-12H,2-8H2,1H3/t9-/m1/s1. The quantitative estimate of drug-likeness (QED) is 0.615. The highest BCUT2D eigenvalue weighted by atomic mass is 16.3. The van der Waals surface area contributed by atoms with Crippen molar-refractivity contribution in [2.75, 3.05) is 13.1 Å². The van der Waals surface area contributed by atoms with Crippen molar-refractivity contribution in [3.63, 3.8) is 0 Å². The summed E-state index contributed by atoms with van der Waals surface area (Å²) in [5.74, 6) is 0.964. The molecule has 0 amide bonds. The molecule has 72 valence electrons. The van der Waals surface area contributed by atoms with E-state index in [0.717, 1.165) is 19.0 Å². The Morgan fingerprint density at radius 2 is 2.08 bits per heavy atom. The van der Waals surface area contributed by atoms with E-state index in [1.807, 2.05) is 6.92 Å². The van der Waals surface area contributed by atoms with Gasteiger partial charge in [-0.2, -0.15) is 0 Å². The molecule has 0 heterocycles. The zero-order chi connectivity index (χ0) is 8.81. The van der Waals surface area contributed by atoms with Gasteiger partial charge in [0, 0.05) is 6.54 Å². The lowest BCUT2D eigenvalue weighted by Gasteiger charge is -2.10. The van der Waals surface area contributed by atoms with E-state index < -0.39 is 0 Å². The van der Waals surface area contributed by atoms with Crippen molar-refractivity contribution in [1.82, 2.24) is 5.32 Å². The first-order valence-electron chi connectivity index (χ1n) is 5.18. The van der Waals surface area contributed by atoms with Crippen molar-refractivity contribution >= 4 is 0 Å². The molecule has 0 aromatic carbocycles. The molecule has 1 aliphatic carbocycles. The van der Waals surface area contributed by atoms with Crippen LogP contribution in [0.5, 0.6) is 0 Å². The lowest BCUT2D eigenvalue weighted by molar-refractivity contribution is 0.190. The van der Waals surface area contributed by atoms with Gasteiger partial charge in [-0.3, -0.25) is 0 Å². The average molecular weight is 171 g/mol. The number of hydrogen-bond donors (Lipinski definition) is 2. The van der Waals surface area contributed by atoms with Crippen molar-refractivity contribution in [2.24, 2.45) is 5.92 Å². The van der Waals surface area contributed by atoms with Crippen LogP contribution < -0.4 is 5.32 Å². The summed E-state index contributed by atoms with van der Waals surface area (Å²) in [6, 6.07) is 0. The van der Waals surface area contributed by atoms with E-state index in [1.54, 1.807) is 0 Å². The molecule has 1 atom stereocenters. The summed E-state index contributed by atoms with van der Waals surface area (Å²) < 4.78 is 0. The molecule has 1 saturated carbocycles. The van der Waals surface area contributed by atoms with Crippen molar-refractivity contribution < 1.29 is 5.11 Å². The smallest absolute Gasteiger partial charge is 0.0636 e. The van der Waals surface area contributed by atoms with Gasteiger partial charge in [-0.1, -0.05) is 25.7 Å². The van der Waals surface area contributed by atoms with E-state index in [1.165, 1.54) is 32.1 Å². The molecule has 0 aliphatic heterocycles. The molecule has 1 fully saturated rings. The maximum Gasteiger partial charge on any atom is 0.0636 e. The zero-order valence-corrected chi connectivity index (χ0v) is 8.05. The third-order valence-corrected chi connectivity index (χ3v) is 2.64. The molecule has 0 radical (unpaired) electrons. The van der Waals surface area contributed by atoms with Crippen LogP contribution in [0, 0.1) is 5.92 Å². The van der Waals surface area contributed by atoms with Gasteiger partial charge in [0.2, 0.25) is 0 Å². The first-order valence-corrected chi connectivity index (χ1v) is 5.18. The summed E-state index contributed by atoms with van der Waals surface area (Å²) in [7, 11) is 0. The van der Waals surface area contributed by atoms with E-state index in [2.05, 4.69) is 5.32 Å². The molecule has 0 spiro atoms. The van der Waals surface area contributed by atoms with E-state index in [4.69, 9.17) is 5.11 Å². The Kier molecular flexibility index (Phi) is 4.62. The van der Waals surface area contributed by atoms with Gasteiger partial charge >= 0.3 is 0 Å². The summed E-state index contributed by atoms with van der Waals surface area (Å²) in [5, 5.41) is 12.2. The van der Waals surface area contributed by atoms with Crippen LogP contribution >= 0.6 is 0 Å². The van der Waals surface area contributed by atoms with Crippen LogP contribution in [-0.2, 0) is 0 Å². The fourth-order valence-electron chi connectivity index (χ4n) is 1.92. The number of rotatable bonds is 5. The number of hydrogen-bond acceptors (Lipinski definition) is 2. The molecular formula is C10H21NO. The summed E-state index contributed by atoms with van der Waals surface area (Å²) in [5.41, 5.74) is 0. The van der Waals surface area contributed by atoms with Crippen molar-refractivity contribution in [2.45, 2.75) is 45.1 Å². The fraction of sp³-hybridized carbons (Fsp3) is 1.00. The Morgan fingerprint density at radius 1 is 1.42 bits per heavy atom. The lowest BCUT2D eigenvalue weighted by atomic mass is 10.0. The van der Waals surface area contributed by atoms with Crippen LogP contribution in [0.1, 0.15) is 39.0 Å². The molecule has 0 unspecified atom stereocenters. The fourth-order valence-corrected chi connectivity index (χ4v) is 1.92. The van der Waals surface area contributed by atoms with Crippen molar-refractivity contribution in [3.05, 3.63) is 0 Å². The predicted molar refractivity (Wildman–Crippen MR) is 51.1 cm³/mol. The number of aliphatic hydroxyl groups excluding tert-OH is 1. The lowest BCUT2D eigenvalue weighted by Crippen LogP contribution is -2.26. The molecule has 0 aromatic rings. The zero-order valence-electron chi connectivity index (χ0n) is 8.05. The summed E-state index contributed by atoms with van der Waals surface area (Å²) in [6.45, 7) is 3.64. The average Bonchev–Trinajstić information content (AvgIpc) is 2.49. The Balaban J connectivity index is 1.88. The Hall–Kier alpha value is -0.0800. The summed E-state index contributed by atoms with van der Waals surface area (Å²) in [6.07, 6.45) is 6.82. The van der Waals surface area contributed by atoms with E-state index >= 15 is 0 Å². The van der Waals surface area contributed by atoms with Gasteiger partial charge in [-0.25, -0.2) is 0 Å². The molecule has 1 aliphatic rings. The van der Waals surface area contributed by atoms with Crippen molar-refractivity contribution in [3.8, 4) is 0 Å². The Morgan fingerprint density at radius 3 is 2.67 bits per heavy atom. The maximum atomic E-state index is 8.98. The molecule has 2 heteroatoms. The Bertz CT molecular complexity index is 108. The summed E-state index contributed by atoms with van der Waals surface area (Å²) in [4.78, 5) is 0. The highest BCUT2D eigenvalue weighted by Gasteiger charge is 2.13. The van der Waals surface area contributed by atoms with Crippen LogP contribution in [-0.4, -0.2) is 24.3 Å². The first kappa shape index (κ1) is 10.0. The third-order valence-electron chi connectivity index (χ3n) is 2.64. The minimum atomic E-state index is -0.200. The topological polar surface area (TPSA) is 32.3 Å². The molecule has 0 aromatic heterocycles. The van der Waals surface area contributed by atoms with Crippen LogP contribution in [0.25, 0.3) is 0 Å². The molecule has 0 saturated heterocycles. The number of aliphatic hydroxyl groups is 1. The highest BCUT2D eigenvalue weighted by molar-refractivity contribution is 4.68. The van der Waals surface area contributed by atoms with Crippen LogP contribution in [0.15, 0.2) is 0 Å². The Labute approximate surface area is 75.4 Å². The second-order valence-corrected chi connectivity index (χ2v) is 3.99. The van der Waals surface area contributed by atoms with Gasteiger partial charge in [0.25, 0.3) is 0 Å². The minimum Gasteiger partial charge on any atom is -0.392 e. The van der Waals surface area contributed by atoms with E-state index in [0.29, 0.717) is 0 Å². The molecular weight excluding hydrogens is 150 g/mol. The number of nitrogens with one attached hydrogen (secondary N) is 1. The van der Waals surface area contributed by atoms with Gasteiger partial charge in [0.15, 0.2) is 0 Å². The largest absolute Gasteiger partial charge is 0.392 e. The van der Waals surface area contributed by atoms with Crippen LogP contribution in [0.3, 0.4) is 0 Å². The predicted octanol–water partition coefficient (Wildman–Crippen LogP) is 1.54. The second kappa shape index (κ2) is 5.55.